The van der Waals surface area contributed by atoms with Gasteiger partial charge in [0, 0.05) is 17.1 Å². The fourth-order valence-electron chi connectivity index (χ4n) is 5.76. The van der Waals surface area contributed by atoms with E-state index in [9.17, 15) is 0 Å². The molecule has 0 saturated carbocycles. The zero-order valence-electron chi connectivity index (χ0n) is 25.2. The molecule has 4 bridgehead atoms. The molecule has 4 aromatic rings. The molecule has 0 radical (unpaired) electrons. The van der Waals surface area contributed by atoms with E-state index in [1.165, 1.54) is 122 Å². The molecule has 0 aromatic heterocycles. The van der Waals surface area contributed by atoms with Crippen LogP contribution in [0, 0.1) is 13.8 Å². The first-order valence-corrected chi connectivity index (χ1v) is 15.8. The average Bonchev–Trinajstić information content (AvgIpc) is 2.95. The summed E-state index contributed by atoms with van der Waals surface area (Å²) in [4.78, 5) is 0. The van der Waals surface area contributed by atoms with Crippen molar-refractivity contribution in [2.45, 2.75) is 104 Å². The number of aryl methyl sites for hydroxylation is 3. The summed E-state index contributed by atoms with van der Waals surface area (Å²) >= 11 is 0. The molecule has 40 heavy (non-hydrogen) atoms. The van der Waals surface area contributed by atoms with Crippen molar-refractivity contribution >= 4 is 38.6 Å². The van der Waals surface area contributed by atoms with Gasteiger partial charge in [-0.25, -0.2) is 0 Å². The lowest BCUT2D eigenvalue weighted by atomic mass is 9.97. The van der Waals surface area contributed by atoms with Crippen LogP contribution in [-0.4, -0.2) is 0 Å². The van der Waals surface area contributed by atoms with Gasteiger partial charge in [0.15, 0.2) is 0 Å². The minimum atomic E-state index is 0.776. The van der Waals surface area contributed by atoms with Crippen LogP contribution in [0.1, 0.15) is 101 Å². The number of rotatable bonds is 15. The van der Waals surface area contributed by atoms with E-state index in [0.29, 0.717) is 0 Å². The summed E-state index contributed by atoms with van der Waals surface area (Å²) < 4.78 is 0. The molecular weight excluding hydrogens is 484 g/mol. The smallest absolute Gasteiger partial charge is 0.0396 e. The fraction of sp³-hybridized carbons (Fsp3) is 0.421. The van der Waals surface area contributed by atoms with Gasteiger partial charge in [0.2, 0.25) is 0 Å². The van der Waals surface area contributed by atoms with Crippen LogP contribution < -0.4 is 11.1 Å². The van der Waals surface area contributed by atoms with Gasteiger partial charge in [-0.15, -0.1) is 0 Å². The molecule has 0 amide bonds. The highest BCUT2D eigenvalue weighted by molar-refractivity contribution is 5.85. The summed E-state index contributed by atoms with van der Waals surface area (Å²) in [6, 6.07) is 26.4. The lowest BCUT2D eigenvalue weighted by Gasteiger charge is -2.11. The van der Waals surface area contributed by atoms with Crippen molar-refractivity contribution in [1.82, 2.24) is 0 Å². The molecular formula is C38H50N2. The maximum atomic E-state index is 5.87. The van der Waals surface area contributed by atoms with Crippen molar-refractivity contribution in [3.8, 4) is 0 Å². The molecule has 0 atom stereocenters. The zero-order chi connectivity index (χ0) is 28.2. The Hall–Kier alpha value is -3.26. The molecule has 0 aliphatic heterocycles. The lowest BCUT2D eigenvalue weighted by Crippen LogP contribution is -1.92. The molecule has 3 N–H and O–H groups in total. The van der Waals surface area contributed by atoms with Gasteiger partial charge >= 0.3 is 0 Å². The van der Waals surface area contributed by atoms with Crippen LogP contribution in [0.2, 0.25) is 0 Å². The van der Waals surface area contributed by atoms with E-state index >= 15 is 0 Å². The minimum Gasteiger partial charge on any atom is -0.399 e. The zero-order valence-corrected chi connectivity index (χ0v) is 25.2. The molecule has 4 rings (SSSR count). The second kappa shape index (κ2) is 15.5. The molecule has 2 heteroatoms. The number of hydrogen-bond donors (Lipinski definition) is 2. The summed E-state index contributed by atoms with van der Waals surface area (Å²) in [7, 11) is 0. The second-order valence-corrected chi connectivity index (χ2v) is 11.7. The van der Waals surface area contributed by atoms with E-state index < -0.39 is 0 Å². The number of fused-ring (bicyclic) bond motifs is 4. The van der Waals surface area contributed by atoms with Gasteiger partial charge in [-0.3, -0.25) is 0 Å². The van der Waals surface area contributed by atoms with Crippen LogP contribution in [0.15, 0.2) is 72.8 Å². The Morgan fingerprint density at radius 3 is 1.40 bits per heavy atom. The molecule has 0 heterocycles. The molecule has 4 aromatic carbocycles. The predicted molar refractivity (Wildman–Crippen MR) is 179 cm³/mol. The van der Waals surface area contributed by atoms with E-state index in [0.717, 1.165) is 17.1 Å². The van der Waals surface area contributed by atoms with Crippen LogP contribution in [-0.2, 0) is 6.42 Å². The Labute approximate surface area is 243 Å². The summed E-state index contributed by atoms with van der Waals surface area (Å²) in [6.45, 7) is 6.76. The molecule has 0 spiro atoms. The van der Waals surface area contributed by atoms with E-state index in [2.05, 4.69) is 74.6 Å². The maximum absolute atomic E-state index is 5.87. The minimum absolute atomic E-state index is 0.776. The topological polar surface area (TPSA) is 38.0 Å². The predicted octanol–water partition coefficient (Wildman–Crippen LogP) is 11.7. The van der Waals surface area contributed by atoms with Crippen molar-refractivity contribution in [3.05, 3.63) is 89.5 Å². The Kier molecular flexibility index (Phi) is 11.5. The SMILES string of the molecule is CCCCCCCCCCCCCCc1cc2ccc3cc(Nc4ccc(N)cc4)cc(ccc(c1)c2C)c3C. The van der Waals surface area contributed by atoms with Crippen molar-refractivity contribution in [1.29, 1.82) is 0 Å². The van der Waals surface area contributed by atoms with Crippen molar-refractivity contribution < 1.29 is 0 Å². The third-order valence-electron chi connectivity index (χ3n) is 8.44. The first kappa shape index (κ1) is 29.7. The van der Waals surface area contributed by atoms with E-state index in [1.807, 2.05) is 24.3 Å². The summed E-state index contributed by atoms with van der Waals surface area (Å²) in [5.74, 6) is 0. The average molecular weight is 535 g/mol. The van der Waals surface area contributed by atoms with Gasteiger partial charge in [-0.2, -0.15) is 0 Å². The highest BCUT2D eigenvalue weighted by Crippen LogP contribution is 2.28. The molecule has 2 nitrogen and oxygen atoms in total. The van der Waals surface area contributed by atoms with Crippen molar-refractivity contribution in [2.24, 2.45) is 0 Å². The Morgan fingerprint density at radius 2 is 0.925 bits per heavy atom. The highest BCUT2D eigenvalue weighted by atomic mass is 14.9. The number of nitrogens with two attached hydrogens (primary N) is 1. The Balaban J connectivity index is 1.39. The number of benzene rings is 3. The molecule has 0 unspecified atom stereocenters. The third kappa shape index (κ3) is 8.88. The van der Waals surface area contributed by atoms with Gasteiger partial charge in [-0.1, -0.05) is 114 Å². The number of unbranched alkanes of at least 4 members (excludes halogenated alkanes) is 11. The van der Waals surface area contributed by atoms with Crippen molar-refractivity contribution in [2.75, 3.05) is 11.1 Å². The quantitative estimate of drug-likeness (QED) is 0.118. The Morgan fingerprint density at radius 1 is 0.500 bits per heavy atom. The molecule has 0 aliphatic rings. The van der Waals surface area contributed by atoms with Crippen LogP contribution >= 0.6 is 0 Å². The van der Waals surface area contributed by atoms with Crippen molar-refractivity contribution in [3.63, 3.8) is 0 Å². The highest BCUT2D eigenvalue weighted by Gasteiger charge is 2.04. The molecule has 0 aliphatic carbocycles. The molecule has 0 fully saturated rings. The standard InChI is InChI=1S/C38H50N2/c1-4-5-6-7-8-9-10-11-12-13-14-15-16-31-25-32-17-19-34-27-38(40-37-23-21-36(39)22-24-37)28-35(30(34)3)20-18-33(26-31)29(32)2/h17-28,40H,4-16,39H2,1-3H3. The van der Waals surface area contributed by atoms with E-state index in [-0.39, 0.29) is 0 Å². The number of hydrogen-bond acceptors (Lipinski definition) is 2. The molecule has 0 saturated heterocycles. The van der Waals surface area contributed by atoms with Gasteiger partial charge in [0.1, 0.15) is 0 Å². The summed E-state index contributed by atoms with van der Waals surface area (Å²) in [6.07, 6.45) is 17.9. The maximum Gasteiger partial charge on any atom is 0.0396 e. The van der Waals surface area contributed by atoms with Crippen LogP contribution in [0.4, 0.5) is 17.1 Å². The normalized spacial score (nSPS) is 11.3. The van der Waals surface area contributed by atoms with E-state index in [1.54, 1.807) is 0 Å². The third-order valence-corrected chi connectivity index (χ3v) is 8.44. The van der Waals surface area contributed by atoms with Crippen LogP contribution in [0.25, 0.3) is 21.5 Å². The second-order valence-electron chi connectivity index (χ2n) is 11.7. The first-order valence-electron chi connectivity index (χ1n) is 15.8. The Bertz CT molecular complexity index is 1320. The van der Waals surface area contributed by atoms with Gasteiger partial charge < -0.3 is 11.1 Å². The summed E-state index contributed by atoms with van der Waals surface area (Å²) in [5.41, 5.74) is 12.9. The first-order chi connectivity index (χ1) is 19.5. The van der Waals surface area contributed by atoms with Crippen LogP contribution in [0.3, 0.4) is 0 Å². The number of anilines is 3. The number of nitrogen functional groups attached to an aromatic ring is 1. The van der Waals surface area contributed by atoms with Gasteiger partial charge in [0.25, 0.3) is 0 Å². The van der Waals surface area contributed by atoms with Gasteiger partial charge in [0.05, 0.1) is 0 Å². The fourth-order valence-corrected chi connectivity index (χ4v) is 5.76. The van der Waals surface area contributed by atoms with E-state index in [4.69, 9.17) is 5.73 Å². The lowest BCUT2D eigenvalue weighted by molar-refractivity contribution is 0.544. The number of nitrogens with one attached hydrogen (secondary N) is 1. The largest absolute Gasteiger partial charge is 0.399 e. The van der Waals surface area contributed by atoms with Gasteiger partial charge in [-0.05, 0) is 101 Å². The molecule has 212 valence electrons. The van der Waals surface area contributed by atoms with Crippen LogP contribution in [0.5, 0.6) is 0 Å². The monoisotopic (exact) mass is 534 g/mol. The summed E-state index contributed by atoms with van der Waals surface area (Å²) in [5, 5.41) is 8.70.